The lowest BCUT2D eigenvalue weighted by Crippen LogP contribution is -3.13. The van der Waals surface area contributed by atoms with E-state index in [1.54, 1.807) is 18.2 Å². The first-order chi connectivity index (χ1) is 13.8. The highest BCUT2D eigenvalue weighted by Crippen LogP contribution is 2.29. The van der Waals surface area contributed by atoms with Crippen molar-refractivity contribution >= 4 is 21.6 Å². The molecule has 2 N–H and O–H groups in total. The molecule has 29 heavy (non-hydrogen) atoms. The van der Waals surface area contributed by atoms with Gasteiger partial charge in [-0.1, -0.05) is 18.2 Å². The SMILES string of the molecule is COc1cc(S(=O)(=O)N2CC[NH+](Cc3ccccc3F)CC2)ccc1NC(C)=O. The minimum atomic E-state index is -3.69. The number of rotatable bonds is 6. The number of halogens is 1. The number of ether oxygens (including phenoxy) is 1. The van der Waals surface area contributed by atoms with E-state index in [2.05, 4.69) is 5.32 Å². The normalized spacial score (nSPS) is 15.8. The molecule has 9 heteroatoms. The molecule has 1 amide bonds. The molecule has 0 saturated carbocycles. The standard InChI is InChI=1S/C20H24FN3O4S/c1-15(25)22-19-8-7-17(13-20(19)28-2)29(26,27)24-11-9-23(10-12-24)14-16-5-3-4-6-18(16)21/h3-8,13H,9-12,14H2,1-2H3,(H,22,25)/p+1. The molecule has 3 rings (SSSR count). The smallest absolute Gasteiger partial charge is 0.243 e. The van der Waals surface area contributed by atoms with Crippen LogP contribution in [0.5, 0.6) is 5.75 Å². The van der Waals surface area contributed by atoms with E-state index < -0.39 is 10.0 Å². The molecule has 1 heterocycles. The van der Waals surface area contributed by atoms with Gasteiger partial charge in [-0.2, -0.15) is 4.31 Å². The van der Waals surface area contributed by atoms with Gasteiger partial charge in [0.2, 0.25) is 15.9 Å². The summed E-state index contributed by atoms with van der Waals surface area (Å²) < 4.78 is 46.6. The van der Waals surface area contributed by atoms with Gasteiger partial charge in [-0.25, -0.2) is 12.8 Å². The predicted molar refractivity (Wildman–Crippen MR) is 107 cm³/mol. The van der Waals surface area contributed by atoms with E-state index in [4.69, 9.17) is 4.74 Å². The number of amides is 1. The van der Waals surface area contributed by atoms with E-state index in [1.807, 2.05) is 0 Å². The van der Waals surface area contributed by atoms with Gasteiger partial charge >= 0.3 is 0 Å². The number of methoxy groups -OCH3 is 1. The van der Waals surface area contributed by atoms with Crippen molar-refractivity contribution in [3.8, 4) is 5.75 Å². The predicted octanol–water partition coefficient (Wildman–Crippen LogP) is 0.882. The van der Waals surface area contributed by atoms with Crippen LogP contribution in [0.4, 0.5) is 10.1 Å². The second-order valence-corrected chi connectivity index (χ2v) is 8.90. The molecule has 1 saturated heterocycles. The zero-order valence-electron chi connectivity index (χ0n) is 16.4. The fourth-order valence-corrected chi connectivity index (χ4v) is 4.86. The van der Waals surface area contributed by atoms with Crippen LogP contribution in [-0.2, 0) is 21.4 Å². The third-order valence-electron chi connectivity index (χ3n) is 4.95. The number of quaternary nitrogens is 1. The Morgan fingerprint density at radius 1 is 1.21 bits per heavy atom. The van der Waals surface area contributed by atoms with E-state index in [9.17, 15) is 17.6 Å². The van der Waals surface area contributed by atoms with Crippen molar-refractivity contribution in [3.05, 3.63) is 53.8 Å². The van der Waals surface area contributed by atoms with Crippen molar-refractivity contribution in [1.29, 1.82) is 0 Å². The maximum absolute atomic E-state index is 13.9. The summed E-state index contributed by atoms with van der Waals surface area (Å²) >= 11 is 0. The van der Waals surface area contributed by atoms with Crippen LogP contribution in [-0.4, -0.2) is 51.9 Å². The second kappa shape index (κ2) is 8.89. The largest absolute Gasteiger partial charge is 0.495 e. The molecular formula is C20H25FN3O4S+. The molecule has 0 aliphatic carbocycles. The Hall–Kier alpha value is -2.49. The molecule has 1 fully saturated rings. The van der Waals surface area contributed by atoms with E-state index in [1.165, 1.54) is 42.6 Å². The summed E-state index contributed by atoms with van der Waals surface area (Å²) in [5.74, 6) is -0.223. The zero-order valence-corrected chi connectivity index (χ0v) is 17.3. The lowest BCUT2D eigenvalue weighted by molar-refractivity contribution is -0.917. The van der Waals surface area contributed by atoms with Crippen LogP contribution in [0.25, 0.3) is 0 Å². The first-order valence-corrected chi connectivity index (χ1v) is 10.8. The Balaban J connectivity index is 1.69. The van der Waals surface area contributed by atoms with Gasteiger partial charge in [0.1, 0.15) is 18.1 Å². The Morgan fingerprint density at radius 2 is 1.90 bits per heavy atom. The van der Waals surface area contributed by atoms with Crippen molar-refractivity contribution in [2.75, 3.05) is 38.6 Å². The molecule has 0 spiro atoms. The number of piperazine rings is 1. The van der Waals surface area contributed by atoms with Crippen LogP contribution in [0.15, 0.2) is 47.4 Å². The number of nitrogens with one attached hydrogen (secondary N) is 2. The number of carbonyl (C=O) groups is 1. The summed E-state index contributed by atoms with van der Waals surface area (Å²) in [5, 5.41) is 2.61. The lowest BCUT2D eigenvalue weighted by atomic mass is 10.2. The van der Waals surface area contributed by atoms with Crippen molar-refractivity contribution in [1.82, 2.24) is 4.31 Å². The Kier molecular flexibility index (Phi) is 6.51. The first kappa shape index (κ1) is 21.2. The fourth-order valence-electron chi connectivity index (χ4n) is 3.40. The lowest BCUT2D eigenvalue weighted by Gasteiger charge is -2.31. The third-order valence-corrected chi connectivity index (χ3v) is 6.84. The van der Waals surface area contributed by atoms with E-state index in [0.717, 1.165) is 4.90 Å². The van der Waals surface area contributed by atoms with Crippen LogP contribution in [0.1, 0.15) is 12.5 Å². The van der Waals surface area contributed by atoms with E-state index >= 15 is 0 Å². The minimum Gasteiger partial charge on any atom is -0.495 e. The molecule has 0 radical (unpaired) electrons. The molecule has 7 nitrogen and oxygen atoms in total. The molecule has 0 unspecified atom stereocenters. The van der Waals surface area contributed by atoms with E-state index in [-0.39, 0.29) is 22.4 Å². The molecule has 0 aromatic heterocycles. The minimum absolute atomic E-state index is 0.112. The van der Waals surface area contributed by atoms with Crippen molar-refractivity contribution in [3.63, 3.8) is 0 Å². The van der Waals surface area contributed by atoms with Gasteiger partial charge in [0, 0.05) is 18.6 Å². The monoisotopic (exact) mass is 422 g/mol. The van der Waals surface area contributed by atoms with Gasteiger partial charge in [0.25, 0.3) is 0 Å². The summed E-state index contributed by atoms with van der Waals surface area (Å²) in [6.45, 7) is 3.78. The average Bonchev–Trinajstić information content (AvgIpc) is 2.70. The fraction of sp³-hybridized carbons (Fsp3) is 0.350. The van der Waals surface area contributed by atoms with Gasteiger partial charge in [-0.05, 0) is 18.2 Å². The molecule has 0 atom stereocenters. The molecule has 1 aliphatic heterocycles. The van der Waals surface area contributed by atoms with Crippen molar-refractivity contribution in [2.24, 2.45) is 0 Å². The number of sulfonamides is 1. The Morgan fingerprint density at radius 3 is 2.52 bits per heavy atom. The Bertz CT molecular complexity index is 989. The maximum atomic E-state index is 13.9. The number of carbonyl (C=O) groups excluding carboxylic acids is 1. The van der Waals surface area contributed by atoms with Gasteiger partial charge in [0.05, 0.1) is 43.9 Å². The summed E-state index contributed by atoms with van der Waals surface area (Å²) in [5.41, 5.74) is 1.05. The Labute approximate surface area is 170 Å². The van der Waals surface area contributed by atoms with Gasteiger partial charge < -0.3 is 15.0 Å². The number of hydrogen-bond acceptors (Lipinski definition) is 4. The topological polar surface area (TPSA) is 80.2 Å². The quantitative estimate of drug-likeness (QED) is 0.725. The van der Waals surface area contributed by atoms with Crippen LogP contribution >= 0.6 is 0 Å². The summed E-state index contributed by atoms with van der Waals surface area (Å²) in [7, 11) is -2.27. The summed E-state index contributed by atoms with van der Waals surface area (Å²) in [4.78, 5) is 12.5. The molecule has 0 bridgehead atoms. The summed E-state index contributed by atoms with van der Waals surface area (Å²) in [6, 6.07) is 11.1. The van der Waals surface area contributed by atoms with Crippen LogP contribution in [0.2, 0.25) is 0 Å². The molecular weight excluding hydrogens is 397 g/mol. The van der Waals surface area contributed by atoms with Gasteiger partial charge in [0.15, 0.2) is 0 Å². The highest BCUT2D eigenvalue weighted by atomic mass is 32.2. The van der Waals surface area contributed by atoms with Crippen LogP contribution in [0.3, 0.4) is 0 Å². The first-order valence-electron chi connectivity index (χ1n) is 9.34. The van der Waals surface area contributed by atoms with Gasteiger partial charge in [-0.3, -0.25) is 4.79 Å². The van der Waals surface area contributed by atoms with Crippen molar-refractivity contribution < 1.29 is 27.2 Å². The van der Waals surface area contributed by atoms with Crippen molar-refractivity contribution in [2.45, 2.75) is 18.4 Å². The van der Waals surface area contributed by atoms with Crippen LogP contribution < -0.4 is 15.0 Å². The highest BCUT2D eigenvalue weighted by Gasteiger charge is 2.31. The average molecular weight is 423 g/mol. The summed E-state index contributed by atoms with van der Waals surface area (Å²) in [6.07, 6.45) is 0. The molecule has 2 aromatic carbocycles. The molecule has 156 valence electrons. The molecule has 2 aromatic rings. The maximum Gasteiger partial charge on any atom is 0.243 e. The van der Waals surface area contributed by atoms with Crippen LogP contribution in [0, 0.1) is 5.82 Å². The number of anilines is 1. The van der Waals surface area contributed by atoms with E-state index in [0.29, 0.717) is 44.0 Å². The van der Waals surface area contributed by atoms with Gasteiger partial charge in [-0.15, -0.1) is 0 Å². The second-order valence-electron chi connectivity index (χ2n) is 6.97. The molecule has 1 aliphatic rings. The number of benzene rings is 2. The number of nitrogens with zero attached hydrogens (tertiary/aromatic N) is 1. The zero-order chi connectivity index (χ0) is 21.0. The third kappa shape index (κ3) is 4.92. The highest BCUT2D eigenvalue weighted by molar-refractivity contribution is 7.89. The number of hydrogen-bond donors (Lipinski definition) is 2.